The zero-order valence-corrected chi connectivity index (χ0v) is 20.6. The summed E-state index contributed by atoms with van der Waals surface area (Å²) in [5.41, 5.74) is 4.25. The average molecular weight is 480 g/mol. The van der Waals surface area contributed by atoms with Gasteiger partial charge in [-0.3, -0.25) is 14.2 Å². The van der Waals surface area contributed by atoms with Gasteiger partial charge in [0.15, 0.2) is 5.57 Å². The molecular formula is C29H25N3O2S. The molecule has 0 aliphatic rings. The van der Waals surface area contributed by atoms with Crippen LogP contribution < -0.4 is 20.1 Å². The van der Waals surface area contributed by atoms with Crippen molar-refractivity contribution in [1.29, 1.82) is 5.26 Å². The van der Waals surface area contributed by atoms with E-state index in [1.807, 2.05) is 93.6 Å². The third-order valence-electron chi connectivity index (χ3n) is 5.75. The highest BCUT2D eigenvalue weighted by atomic mass is 32.1. The fourth-order valence-electron chi connectivity index (χ4n) is 3.88. The molecule has 5 nitrogen and oxygen atoms in total. The Labute approximate surface area is 207 Å². The lowest BCUT2D eigenvalue weighted by atomic mass is 10.1. The molecule has 1 heterocycles. The molecule has 6 heteroatoms. The van der Waals surface area contributed by atoms with Gasteiger partial charge in [0.25, 0.3) is 11.5 Å². The normalized spacial score (nSPS) is 13.1. The molecule has 4 rings (SSSR count). The summed E-state index contributed by atoms with van der Waals surface area (Å²) in [7, 11) is 0. The number of nitrogens with one attached hydrogen (secondary N) is 1. The topological polar surface area (TPSA) is 74.9 Å². The van der Waals surface area contributed by atoms with Gasteiger partial charge in [0.2, 0.25) is 0 Å². The van der Waals surface area contributed by atoms with Crippen LogP contribution in [0, 0.1) is 25.2 Å². The Morgan fingerprint density at radius 3 is 2.31 bits per heavy atom. The smallest absolute Gasteiger partial charge is 0.273 e. The second kappa shape index (κ2) is 10.4. The highest BCUT2D eigenvalue weighted by Gasteiger charge is 2.19. The van der Waals surface area contributed by atoms with Crippen molar-refractivity contribution < 1.29 is 4.79 Å². The molecule has 174 valence electrons. The molecule has 0 fully saturated rings. The Bertz CT molecular complexity index is 1590. The van der Waals surface area contributed by atoms with E-state index >= 15 is 0 Å². The summed E-state index contributed by atoms with van der Waals surface area (Å²) in [6.45, 7) is 5.88. The Morgan fingerprint density at radius 2 is 1.69 bits per heavy atom. The minimum absolute atomic E-state index is 0.0981. The SMILES string of the molecule is Cc1ccc(/C=c2/s/c(=C(/C#N)C(=O)N[C@H](C)c3ccccc3)n(-c3ccccc3)c2=O)c(C)c1. The van der Waals surface area contributed by atoms with Crippen LogP contribution in [0.2, 0.25) is 0 Å². The van der Waals surface area contributed by atoms with Crippen LogP contribution in [0.3, 0.4) is 0 Å². The lowest BCUT2D eigenvalue weighted by Gasteiger charge is -2.13. The van der Waals surface area contributed by atoms with E-state index in [1.165, 1.54) is 4.57 Å². The van der Waals surface area contributed by atoms with Gasteiger partial charge in [-0.25, -0.2) is 0 Å². The molecule has 0 radical (unpaired) electrons. The fourth-order valence-corrected chi connectivity index (χ4v) is 4.97. The molecule has 0 saturated heterocycles. The van der Waals surface area contributed by atoms with Gasteiger partial charge >= 0.3 is 0 Å². The summed E-state index contributed by atoms with van der Waals surface area (Å²) in [6, 6.07) is 26.4. The number of aryl methyl sites for hydroxylation is 2. The van der Waals surface area contributed by atoms with Crippen molar-refractivity contribution >= 4 is 28.9 Å². The molecule has 1 atom stereocenters. The second-order valence-electron chi connectivity index (χ2n) is 8.34. The van der Waals surface area contributed by atoms with Crippen LogP contribution in [0.4, 0.5) is 0 Å². The van der Waals surface area contributed by atoms with Crippen molar-refractivity contribution in [2.45, 2.75) is 26.8 Å². The van der Waals surface area contributed by atoms with E-state index in [9.17, 15) is 14.9 Å². The number of nitriles is 1. The Balaban J connectivity index is 1.91. The lowest BCUT2D eigenvalue weighted by molar-refractivity contribution is -0.116. The van der Waals surface area contributed by atoms with Crippen LogP contribution in [0.1, 0.15) is 35.2 Å². The number of carbonyl (C=O) groups excluding carboxylic acids is 1. The summed E-state index contributed by atoms with van der Waals surface area (Å²) in [5.74, 6) is -0.521. The first kappa shape index (κ1) is 23.9. The largest absolute Gasteiger partial charge is 0.345 e. The number of thiazole rings is 1. The Hall–Kier alpha value is -4.21. The van der Waals surface area contributed by atoms with Crippen LogP contribution in [-0.2, 0) is 4.79 Å². The molecule has 35 heavy (non-hydrogen) atoms. The standard InChI is InChI=1S/C29H25N3O2S/c1-19-14-15-23(20(2)16-19)17-26-28(34)32(24-12-8-5-9-13-24)29(35-26)25(18-30)27(33)31-21(3)22-10-6-4-7-11-22/h4-17,21H,1-3H3,(H,31,33)/b26-17+,29-25-/t21-/m1/s1. The van der Waals surface area contributed by atoms with Gasteiger partial charge in [0.05, 0.1) is 16.3 Å². The molecule has 1 N–H and O–H groups in total. The predicted octanol–water partition coefficient (Wildman–Crippen LogP) is 3.90. The summed E-state index contributed by atoms with van der Waals surface area (Å²) in [6.07, 6.45) is 1.82. The van der Waals surface area contributed by atoms with Crippen molar-refractivity contribution in [3.8, 4) is 11.8 Å². The number of para-hydroxylation sites is 1. The molecule has 0 unspecified atom stereocenters. The summed E-state index contributed by atoms with van der Waals surface area (Å²) < 4.78 is 2.20. The van der Waals surface area contributed by atoms with Crippen LogP contribution in [-0.4, -0.2) is 10.5 Å². The van der Waals surface area contributed by atoms with Crippen LogP contribution >= 0.6 is 11.3 Å². The van der Waals surface area contributed by atoms with Crippen molar-refractivity contribution in [2.24, 2.45) is 0 Å². The van der Waals surface area contributed by atoms with E-state index in [2.05, 4.69) is 11.4 Å². The Kier molecular flexibility index (Phi) is 7.09. The van der Waals surface area contributed by atoms with Gasteiger partial charge in [-0.1, -0.05) is 72.3 Å². The van der Waals surface area contributed by atoms with Crippen molar-refractivity contribution in [3.05, 3.63) is 121 Å². The predicted molar refractivity (Wildman–Crippen MR) is 141 cm³/mol. The van der Waals surface area contributed by atoms with Crippen molar-refractivity contribution in [3.63, 3.8) is 0 Å². The maximum absolute atomic E-state index is 13.5. The van der Waals surface area contributed by atoms with E-state index in [1.54, 1.807) is 12.1 Å². The quantitative estimate of drug-likeness (QED) is 0.472. The zero-order chi connectivity index (χ0) is 24.9. The minimum atomic E-state index is -0.521. The van der Waals surface area contributed by atoms with Crippen LogP contribution in [0.5, 0.6) is 0 Å². The van der Waals surface area contributed by atoms with E-state index in [4.69, 9.17) is 0 Å². The molecular weight excluding hydrogens is 454 g/mol. The number of nitrogens with zero attached hydrogens (tertiary/aromatic N) is 2. The summed E-state index contributed by atoms with van der Waals surface area (Å²) in [5, 5.41) is 12.9. The lowest BCUT2D eigenvalue weighted by Crippen LogP contribution is -2.34. The molecule has 0 bridgehead atoms. The number of amides is 1. The van der Waals surface area contributed by atoms with E-state index in [0.717, 1.165) is 33.6 Å². The number of hydrogen-bond donors (Lipinski definition) is 1. The van der Waals surface area contributed by atoms with E-state index in [-0.39, 0.29) is 17.2 Å². The molecule has 0 aliphatic carbocycles. The van der Waals surface area contributed by atoms with Crippen LogP contribution in [0.25, 0.3) is 17.3 Å². The maximum Gasteiger partial charge on any atom is 0.273 e. The zero-order valence-electron chi connectivity index (χ0n) is 19.8. The number of carbonyl (C=O) groups is 1. The van der Waals surface area contributed by atoms with Gasteiger partial charge in [0, 0.05) is 0 Å². The third kappa shape index (κ3) is 5.16. The monoisotopic (exact) mass is 479 g/mol. The molecule has 1 amide bonds. The average Bonchev–Trinajstić information content (AvgIpc) is 3.17. The van der Waals surface area contributed by atoms with Crippen LogP contribution in [0.15, 0.2) is 83.7 Å². The highest BCUT2D eigenvalue weighted by molar-refractivity contribution is 7.07. The van der Waals surface area contributed by atoms with Gasteiger partial charge in [-0.15, -0.1) is 11.3 Å². The van der Waals surface area contributed by atoms with Gasteiger partial charge in [-0.2, -0.15) is 5.26 Å². The molecule has 0 aliphatic heterocycles. The number of hydrogen-bond acceptors (Lipinski definition) is 4. The number of aromatic nitrogens is 1. The van der Waals surface area contributed by atoms with E-state index < -0.39 is 5.91 Å². The highest BCUT2D eigenvalue weighted by Crippen LogP contribution is 2.13. The third-order valence-corrected chi connectivity index (χ3v) is 6.84. The van der Waals surface area contributed by atoms with Crippen molar-refractivity contribution in [1.82, 2.24) is 9.88 Å². The molecule has 0 saturated carbocycles. The van der Waals surface area contributed by atoms with Gasteiger partial charge in [0.1, 0.15) is 10.7 Å². The van der Waals surface area contributed by atoms with E-state index in [0.29, 0.717) is 14.9 Å². The summed E-state index contributed by atoms with van der Waals surface area (Å²) >= 11 is 1.15. The molecule has 0 spiro atoms. The molecule has 1 aromatic heterocycles. The first-order valence-electron chi connectivity index (χ1n) is 11.3. The fraction of sp³-hybridized carbons (Fsp3) is 0.138. The number of benzene rings is 3. The maximum atomic E-state index is 13.5. The van der Waals surface area contributed by atoms with Gasteiger partial charge in [-0.05, 0) is 55.7 Å². The summed E-state index contributed by atoms with van der Waals surface area (Å²) in [4.78, 5) is 26.8. The second-order valence-corrected chi connectivity index (χ2v) is 9.38. The minimum Gasteiger partial charge on any atom is -0.345 e. The van der Waals surface area contributed by atoms with Crippen molar-refractivity contribution in [2.75, 3.05) is 0 Å². The Morgan fingerprint density at radius 1 is 1.03 bits per heavy atom. The number of rotatable bonds is 5. The first-order valence-corrected chi connectivity index (χ1v) is 12.1. The molecule has 4 aromatic rings. The molecule has 3 aromatic carbocycles. The first-order chi connectivity index (χ1) is 16.9. The van der Waals surface area contributed by atoms with Gasteiger partial charge < -0.3 is 5.32 Å².